The van der Waals surface area contributed by atoms with E-state index in [0.29, 0.717) is 19.0 Å². The molecular weight excluding hydrogens is 368 g/mol. The molecular formula is C21H40N6O2. The molecule has 2 saturated heterocycles. The average molecular weight is 409 g/mol. The summed E-state index contributed by atoms with van der Waals surface area (Å²) in [4.78, 5) is 26.3. The normalized spacial score (nSPS) is 24.9. The SMILES string of the molecule is CCN1CCN(CC(C)CNC2=NCC3CN(C(=O)OC(C)(C)C)CCN23)CC1. The molecule has 0 bridgehead atoms. The first-order chi connectivity index (χ1) is 13.7. The van der Waals surface area contributed by atoms with Crippen LogP contribution in [0.15, 0.2) is 4.99 Å². The second-order valence-corrected chi connectivity index (χ2v) is 9.66. The largest absolute Gasteiger partial charge is 0.444 e. The molecule has 2 atom stereocenters. The van der Waals surface area contributed by atoms with Crippen LogP contribution < -0.4 is 5.32 Å². The molecule has 1 N–H and O–H groups in total. The molecule has 0 aromatic heterocycles. The topological polar surface area (TPSA) is 63.6 Å². The summed E-state index contributed by atoms with van der Waals surface area (Å²) in [6.45, 7) is 21.2. The van der Waals surface area contributed by atoms with E-state index in [1.807, 2.05) is 25.7 Å². The van der Waals surface area contributed by atoms with Crippen LogP contribution in [-0.4, -0.2) is 115 Å². The lowest BCUT2D eigenvalue weighted by Gasteiger charge is -2.39. The van der Waals surface area contributed by atoms with Gasteiger partial charge in [-0.25, -0.2) is 4.79 Å². The van der Waals surface area contributed by atoms with Crippen molar-refractivity contribution in [3.63, 3.8) is 0 Å². The van der Waals surface area contributed by atoms with E-state index in [1.165, 1.54) is 26.2 Å². The van der Waals surface area contributed by atoms with E-state index in [4.69, 9.17) is 9.73 Å². The lowest BCUT2D eigenvalue weighted by molar-refractivity contribution is 0.0137. The third-order valence-electron chi connectivity index (χ3n) is 5.95. The van der Waals surface area contributed by atoms with E-state index >= 15 is 0 Å². The highest BCUT2D eigenvalue weighted by atomic mass is 16.6. The Labute approximate surface area is 176 Å². The number of amides is 1. The molecule has 0 aromatic carbocycles. The minimum atomic E-state index is -0.452. The van der Waals surface area contributed by atoms with Crippen molar-refractivity contribution in [2.45, 2.75) is 46.3 Å². The summed E-state index contributed by atoms with van der Waals surface area (Å²) in [6, 6.07) is 0.260. The van der Waals surface area contributed by atoms with Crippen molar-refractivity contribution in [3.8, 4) is 0 Å². The molecule has 0 saturated carbocycles. The minimum absolute atomic E-state index is 0.213. The van der Waals surface area contributed by atoms with Gasteiger partial charge >= 0.3 is 6.09 Å². The number of guanidine groups is 1. The van der Waals surface area contributed by atoms with Crippen molar-refractivity contribution < 1.29 is 9.53 Å². The maximum atomic E-state index is 12.4. The molecule has 166 valence electrons. The van der Waals surface area contributed by atoms with Crippen molar-refractivity contribution in [2.24, 2.45) is 10.9 Å². The third kappa shape index (κ3) is 6.22. The van der Waals surface area contributed by atoms with Crippen LogP contribution in [0.5, 0.6) is 0 Å². The Morgan fingerprint density at radius 3 is 2.52 bits per heavy atom. The van der Waals surface area contributed by atoms with Crippen LogP contribution in [0, 0.1) is 5.92 Å². The lowest BCUT2D eigenvalue weighted by atomic mass is 10.1. The van der Waals surface area contributed by atoms with E-state index < -0.39 is 5.60 Å². The van der Waals surface area contributed by atoms with Gasteiger partial charge in [0.2, 0.25) is 0 Å². The fraction of sp³-hybridized carbons (Fsp3) is 0.905. The molecule has 0 radical (unpaired) electrons. The first-order valence-corrected chi connectivity index (χ1v) is 11.2. The summed E-state index contributed by atoms with van der Waals surface area (Å²) in [5, 5.41) is 3.58. The van der Waals surface area contributed by atoms with E-state index in [0.717, 1.165) is 38.7 Å². The summed E-state index contributed by atoms with van der Waals surface area (Å²) < 4.78 is 5.53. The van der Waals surface area contributed by atoms with Gasteiger partial charge in [0.05, 0.1) is 12.6 Å². The van der Waals surface area contributed by atoms with Gasteiger partial charge in [-0.05, 0) is 33.2 Å². The molecule has 1 amide bonds. The molecule has 8 nitrogen and oxygen atoms in total. The van der Waals surface area contributed by atoms with Crippen molar-refractivity contribution in [1.82, 2.24) is 24.9 Å². The van der Waals surface area contributed by atoms with Crippen molar-refractivity contribution in [2.75, 3.05) is 72.0 Å². The molecule has 2 unspecified atom stereocenters. The van der Waals surface area contributed by atoms with Crippen LogP contribution >= 0.6 is 0 Å². The van der Waals surface area contributed by atoms with Crippen molar-refractivity contribution in [1.29, 1.82) is 0 Å². The standard InChI is InChI=1S/C21H40N6O2/c1-6-24-7-9-25(10-8-24)15-17(2)13-22-19-23-14-18-16-26(11-12-27(18)19)20(28)29-21(3,4)5/h17-18H,6-16H2,1-5H3,(H,22,23). The van der Waals surface area contributed by atoms with Gasteiger partial charge in [-0.3, -0.25) is 4.99 Å². The van der Waals surface area contributed by atoms with Gasteiger partial charge in [0.15, 0.2) is 5.96 Å². The molecule has 3 aliphatic heterocycles. The smallest absolute Gasteiger partial charge is 0.410 e. The summed E-state index contributed by atoms with van der Waals surface area (Å²) in [5.41, 5.74) is -0.452. The molecule has 0 aliphatic carbocycles. The predicted molar refractivity (Wildman–Crippen MR) is 116 cm³/mol. The number of carbonyl (C=O) groups excluding carboxylic acids is 1. The van der Waals surface area contributed by atoms with Crippen LogP contribution in [-0.2, 0) is 4.74 Å². The molecule has 0 aromatic rings. The second-order valence-electron chi connectivity index (χ2n) is 9.66. The molecule has 3 heterocycles. The number of nitrogens with one attached hydrogen (secondary N) is 1. The van der Waals surface area contributed by atoms with Gasteiger partial charge < -0.3 is 29.7 Å². The highest BCUT2D eigenvalue weighted by Crippen LogP contribution is 2.18. The minimum Gasteiger partial charge on any atom is -0.444 e. The Balaban J connectivity index is 1.39. The van der Waals surface area contributed by atoms with Gasteiger partial charge in [0.1, 0.15) is 5.60 Å². The van der Waals surface area contributed by atoms with E-state index in [1.54, 1.807) is 0 Å². The van der Waals surface area contributed by atoms with Gasteiger partial charge in [-0.2, -0.15) is 0 Å². The summed E-state index contributed by atoms with van der Waals surface area (Å²) in [5.74, 6) is 1.58. The third-order valence-corrected chi connectivity index (χ3v) is 5.95. The van der Waals surface area contributed by atoms with Crippen LogP contribution in [0.1, 0.15) is 34.6 Å². The molecule has 3 rings (SSSR count). The lowest BCUT2D eigenvalue weighted by Crippen LogP contribution is -2.58. The number of fused-ring (bicyclic) bond motifs is 1. The van der Waals surface area contributed by atoms with Crippen LogP contribution in [0.2, 0.25) is 0 Å². The molecule has 2 fully saturated rings. The average Bonchev–Trinajstić information content (AvgIpc) is 3.08. The molecule has 8 heteroatoms. The maximum absolute atomic E-state index is 12.4. The number of likely N-dealkylation sites (N-methyl/N-ethyl adjacent to an activating group) is 1. The fourth-order valence-electron chi connectivity index (χ4n) is 4.28. The number of piperazine rings is 2. The number of nitrogens with zero attached hydrogens (tertiary/aromatic N) is 5. The van der Waals surface area contributed by atoms with Gasteiger partial charge in [0.25, 0.3) is 0 Å². The fourth-order valence-corrected chi connectivity index (χ4v) is 4.28. The predicted octanol–water partition coefficient (Wildman–Crippen LogP) is 1.14. The van der Waals surface area contributed by atoms with Crippen molar-refractivity contribution in [3.05, 3.63) is 0 Å². The molecule has 0 spiro atoms. The zero-order chi connectivity index (χ0) is 21.0. The monoisotopic (exact) mass is 408 g/mol. The first-order valence-electron chi connectivity index (χ1n) is 11.2. The zero-order valence-corrected chi connectivity index (χ0v) is 19.0. The van der Waals surface area contributed by atoms with E-state index in [9.17, 15) is 4.79 Å². The highest BCUT2D eigenvalue weighted by molar-refractivity contribution is 5.82. The Morgan fingerprint density at radius 2 is 1.86 bits per heavy atom. The van der Waals surface area contributed by atoms with Crippen LogP contribution in [0.3, 0.4) is 0 Å². The van der Waals surface area contributed by atoms with E-state index in [-0.39, 0.29) is 12.1 Å². The van der Waals surface area contributed by atoms with Gasteiger partial charge in [-0.1, -0.05) is 13.8 Å². The first kappa shape index (κ1) is 22.2. The second kappa shape index (κ2) is 9.51. The molecule has 29 heavy (non-hydrogen) atoms. The quantitative estimate of drug-likeness (QED) is 0.736. The molecule has 3 aliphatic rings. The van der Waals surface area contributed by atoms with Crippen LogP contribution in [0.25, 0.3) is 0 Å². The number of hydrogen-bond acceptors (Lipinski definition) is 7. The number of carbonyl (C=O) groups is 1. The number of rotatable bonds is 5. The summed E-state index contributed by atoms with van der Waals surface area (Å²) in [7, 11) is 0. The summed E-state index contributed by atoms with van der Waals surface area (Å²) >= 11 is 0. The van der Waals surface area contributed by atoms with E-state index in [2.05, 4.69) is 33.9 Å². The summed E-state index contributed by atoms with van der Waals surface area (Å²) in [6.07, 6.45) is -0.213. The maximum Gasteiger partial charge on any atom is 0.410 e. The Bertz CT molecular complexity index is 582. The highest BCUT2D eigenvalue weighted by Gasteiger charge is 2.36. The Hall–Kier alpha value is -1.54. The Morgan fingerprint density at radius 1 is 1.17 bits per heavy atom. The van der Waals surface area contributed by atoms with Gasteiger partial charge in [0, 0.05) is 58.9 Å². The number of ether oxygens (including phenoxy) is 1. The van der Waals surface area contributed by atoms with Gasteiger partial charge in [-0.15, -0.1) is 0 Å². The number of hydrogen-bond donors (Lipinski definition) is 1. The van der Waals surface area contributed by atoms with Crippen LogP contribution in [0.4, 0.5) is 4.79 Å². The Kier molecular flexibility index (Phi) is 7.27. The zero-order valence-electron chi connectivity index (χ0n) is 19.0. The van der Waals surface area contributed by atoms with Crippen molar-refractivity contribution >= 4 is 12.1 Å². The number of aliphatic imine (C=N–C) groups is 1.